The first-order valence-electron chi connectivity index (χ1n) is 11.8. The summed E-state index contributed by atoms with van der Waals surface area (Å²) in [4.78, 5) is 0. The highest BCUT2D eigenvalue weighted by atomic mass is 16.5. The minimum atomic E-state index is -0.208. The fraction of sp³-hybridized carbons (Fsp3) is 0.400. The summed E-state index contributed by atoms with van der Waals surface area (Å²) in [5.74, 6) is -0.00870. The Morgan fingerprint density at radius 3 is 1.51 bits per heavy atom. The maximum absolute atomic E-state index is 9.39. The zero-order valence-corrected chi connectivity index (χ0v) is 22.1. The molecule has 3 aromatic carbocycles. The number of benzene rings is 3. The third-order valence-corrected chi connectivity index (χ3v) is 6.47. The van der Waals surface area contributed by atoms with Crippen LogP contribution in [0.4, 0.5) is 0 Å². The molecular formula is C30H40O5. The first-order valence-corrected chi connectivity index (χ1v) is 11.8. The highest BCUT2D eigenvalue weighted by Crippen LogP contribution is 2.34. The minimum Gasteiger partial charge on any atom is -0.507 e. The van der Waals surface area contributed by atoms with Crippen LogP contribution in [0.25, 0.3) is 0 Å². The number of methoxy groups -OCH3 is 2. The molecule has 0 spiro atoms. The number of aliphatic hydroxyl groups is 2. The van der Waals surface area contributed by atoms with Crippen LogP contribution in [-0.2, 0) is 41.3 Å². The quantitative estimate of drug-likeness (QED) is 0.391. The van der Waals surface area contributed by atoms with Gasteiger partial charge in [0.2, 0.25) is 0 Å². The van der Waals surface area contributed by atoms with Gasteiger partial charge in [-0.25, -0.2) is 0 Å². The van der Waals surface area contributed by atoms with E-state index in [0.29, 0.717) is 24.3 Å². The maximum atomic E-state index is 9.39. The van der Waals surface area contributed by atoms with Gasteiger partial charge in [0.1, 0.15) is 5.75 Å². The second kappa shape index (κ2) is 12.8. The monoisotopic (exact) mass is 480 g/mol. The van der Waals surface area contributed by atoms with Crippen molar-refractivity contribution in [1.29, 1.82) is 0 Å². The van der Waals surface area contributed by atoms with Crippen LogP contribution in [0.3, 0.4) is 0 Å². The lowest BCUT2D eigenvalue weighted by Crippen LogP contribution is -2.20. The molecule has 5 nitrogen and oxygen atoms in total. The van der Waals surface area contributed by atoms with Crippen molar-refractivity contribution in [3.05, 3.63) is 98.6 Å². The van der Waals surface area contributed by atoms with Gasteiger partial charge >= 0.3 is 0 Å². The molecule has 35 heavy (non-hydrogen) atoms. The first-order chi connectivity index (χ1) is 16.6. The molecule has 3 N–H and O–H groups in total. The summed E-state index contributed by atoms with van der Waals surface area (Å²) in [5.41, 5.74) is 9.40. The van der Waals surface area contributed by atoms with E-state index in [0.717, 1.165) is 5.56 Å². The molecule has 0 aliphatic carbocycles. The molecule has 0 heterocycles. The topological polar surface area (TPSA) is 79.2 Å². The third kappa shape index (κ3) is 7.15. The largest absolute Gasteiger partial charge is 0.507 e. The molecule has 0 unspecified atom stereocenters. The van der Waals surface area contributed by atoms with E-state index in [1.807, 2.05) is 6.92 Å². The smallest absolute Gasteiger partial charge is 0.126 e. The second-order valence-corrected chi connectivity index (χ2v) is 9.52. The predicted octanol–water partition coefficient (Wildman–Crippen LogP) is 5.61. The highest BCUT2D eigenvalue weighted by Gasteiger charge is 2.25. The van der Waals surface area contributed by atoms with E-state index < -0.39 is 0 Å². The third-order valence-electron chi connectivity index (χ3n) is 6.47. The van der Waals surface area contributed by atoms with Crippen molar-refractivity contribution in [2.24, 2.45) is 0 Å². The van der Waals surface area contributed by atoms with Gasteiger partial charge in [0, 0.05) is 30.8 Å². The molecule has 0 aliphatic rings. The van der Waals surface area contributed by atoms with Crippen molar-refractivity contribution in [3.8, 4) is 5.75 Å². The summed E-state index contributed by atoms with van der Waals surface area (Å²) in [5, 5.41) is 27.0. The van der Waals surface area contributed by atoms with Crippen molar-refractivity contribution in [1.82, 2.24) is 0 Å². The zero-order chi connectivity index (χ0) is 26.2. The molecular weight excluding hydrogens is 440 g/mol. The molecule has 3 aromatic rings. The van der Waals surface area contributed by atoms with Crippen molar-refractivity contribution < 1.29 is 24.8 Å². The standard InChI is InChI=1S/C21H28O2.C9H12O3/c1-15-7-9-19(10-8-15)21(3,4)20-11-17(13-22-5)16(2)18(12-20)14-23-6;1-6-2-7(4-10)9(12)8(3-6)5-11/h7-12H,13-14H2,1-6H3;2-3,10-12H,4-5H2,1H3. The van der Waals surface area contributed by atoms with Crippen LogP contribution in [0.15, 0.2) is 48.5 Å². The first kappa shape index (κ1) is 28.5. The van der Waals surface area contributed by atoms with E-state index in [-0.39, 0.29) is 24.4 Å². The predicted molar refractivity (Wildman–Crippen MR) is 141 cm³/mol. The van der Waals surface area contributed by atoms with Gasteiger partial charge in [0.15, 0.2) is 0 Å². The Kier molecular flexibility index (Phi) is 10.5. The number of aromatic hydroxyl groups is 1. The highest BCUT2D eigenvalue weighted by molar-refractivity contribution is 5.46. The Hall–Kier alpha value is -2.70. The molecule has 0 saturated heterocycles. The van der Waals surface area contributed by atoms with Crippen LogP contribution in [0.1, 0.15) is 63.9 Å². The SMILES string of the molecule is COCc1cc(C(C)(C)c2ccc(C)cc2)cc(COC)c1C.Cc1cc(CO)c(O)c(CO)c1. The van der Waals surface area contributed by atoms with Gasteiger partial charge in [-0.15, -0.1) is 0 Å². The van der Waals surface area contributed by atoms with Crippen LogP contribution >= 0.6 is 0 Å². The van der Waals surface area contributed by atoms with Crippen LogP contribution in [0.2, 0.25) is 0 Å². The lowest BCUT2D eigenvalue weighted by molar-refractivity contribution is 0.178. The van der Waals surface area contributed by atoms with Gasteiger partial charge in [-0.2, -0.15) is 0 Å². The molecule has 0 bridgehead atoms. The van der Waals surface area contributed by atoms with Gasteiger partial charge in [-0.3, -0.25) is 0 Å². The Labute approximate surface area is 210 Å². The van der Waals surface area contributed by atoms with Crippen molar-refractivity contribution in [2.45, 2.75) is 66.5 Å². The molecule has 5 heteroatoms. The minimum absolute atomic E-state index is 0.00870. The lowest BCUT2D eigenvalue weighted by atomic mass is 9.76. The normalized spacial score (nSPS) is 11.2. The van der Waals surface area contributed by atoms with Gasteiger partial charge in [-0.1, -0.05) is 73.5 Å². The van der Waals surface area contributed by atoms with E-state index in [1.165, 1.54) is 33.4 Å². The number of rotatable bonds is 8. The van der Waals surface area contributed by atoms with Crippen LogP contribution in [0, 0.1) is 20.8 Å². The number of hydrogen-bond donors (Lipinski definition) is 3. The maximum Gasteiger partial charge on any atom is 0.126 e. The summed E-state index contributed by atoms with van der Waals surface area (Å²) in [6.45, 7) is 11.5. The Bertz CT molecular complexity index is 1050. The van der Waals surface area contributed by atoms with Gasteiger partial charge in [0.25, 0.3) is 0 Å². The van der Waals surface area contributed by atoms with Gasteiger partial charge in [-0.05, 0) is 48.6 Å². The lowest BCUT2D eigenvalue weighted by Gasteiger charge is -2.28. The van der Waals surface area contributed by atoms with Crippen LogP contribution in [0.5, 0.6) is 5.75 Å². The average Bonchev–Trinajstić information content (AvgIpc) is 2.83. The molecule has 0 saturated carbocycles. The van der Waals surface area contributed by atoms with Crippen LogP contribution < -0.4 is 0 Å². The Morgan fingerprint density at radius 2 is 1.11 bits per heavy atom. The number of aryl methyl sites for hydroxylation is 2. The molecule has 0 aromatic heterocycles. The number of aliphatic hydroxyl groups excluding tert-OH is 2. The molecule has 0 fully saturated rings. The fourth-order valence-electron chi connectivity index (χ4n) is 4.12. The van der Waals surface area contributed by atoms with Crippen molar-refractivity contribution >= 4 is 0 Å². The molecule has 190 valence electrons. The summed E-state index contributed by atoms with van der Waals surface area (Å²) in [6.07, 6.45) is 0. The molecule has 0 atom stereocenters. The van der Waals surface area contributed by atoms with Crippen molar-refractivity contribution in [3.63, 3.8) is 0 Å². The van der Waals surface area contributed by atoms with E-state index in [9.17, 15) is 5.11 Å². The Morgan fingerprint density at radius 1 is 0.657 bits per heavy atom. The van der Waals surface area contributed by atoms with Crippen molar-refractivity contribution in [2.75, 3.05) is 14.2 Å². The number of ether oxygens (including phenoxy) is 2. The summed E-state index contributed by atoms with van der Waals surface area (Å²) < 4.78 is 10.8. The summed E-state index contributed by atoms with van der Waals surface area (Å²) in [7, 11) is 3.49. The van der Waals surface area contributed by atoms with Gasteiger partial charge < -0.3 is 24.8 Å². The fourth-order valence-corrected chi connectivity index (χ4v) is 4.12. The molecule has 0 amide bonds. The Balaban J connectivity index is 0.000000303. The summed E-state index contributed by atoms with van der Waals surface area (Å²) in [6, 6.07) is 16.7. The second-order valence-electron chi connectivity index (χ2n) is 9.52. The van der Waals surface area contributed by atoms with E-state index in [4.69, 9.17) is 19.7 Å². The zero-order valence-electron chi connectivity index (χ0n) is 22.1. The van der Waals surface area contributed by atoms with E-state index >= 15 is 0 Å². The van der Waals surface area contributed by atoms with E-state index in [2.05, 4.69) is 64.1 Å². The van der Waals surface area contributed by atoms with Crippen LogP contribution in [-0.4, -0.2) is 29.5 Å². The molecule has 0 radical (unpaired) electrons. The number of phenols is 1. The van der Waals surface area contributed by atoms with E-state index in [1.54, 1.807) is 26.4 Å². The molecule has 3 rings (SSSR count). The summed E-state index contributed by atoms with van der Waals surface area (Å²) >= 11 is 0. The molecule has 0 aliphatic heterocycles. The number of hydrogen-bond acceptors (Lipinski definition) is 5. The average molecular weight is 481 g/mol. The van der Waals surface area contributed by atoms with Gasteiger partial charge in [0.05, 0.1) is 26.4 Å².